The third-order valence-corrected chi connectivity index (χ3v) is 4.28. The highest BCUT2D eigenvalue weighted by Crippen LogP contribution is 2.32. The number of aromatic nitrogens is 1. The first-order valence-corrected chi connectivity index (χ1v) is 8.47. The Morgan fingerprint density at radius 2 is 2.00 bits per heavy atom. The van der Waals surface area contributed by atoms with Crippen molar-refractivity contribution in [3.05, 3.63) is 64.3 Å². The fourth-order valence-electron chi connectivity index (χ4n) is 2.77. The molecule has 25 heavy (non-hydrogen) atoms. The fraction of sp³-hybridized carbons (Fsp3) is 0.200. The van der Waals surface area contributed by atoms with Gasteiger partial charge in [-0.05, 0) is 50.1 Å². The van der Waals surface area contributed by atoms with Crippen molar-refractivity contribution in [3.8, 4) is 0 Å². The maximum Gasteiger partial charge on any atom is 0.341 e. The second kappa shape index (κ2) is 7.11. The van der Waals surface area contributed by atoms with Gasteiger partial charge in [0.2, 0.25) is 0 Å². The van der Waals surface area contributed by atoms with E-state index in [1.807, 2.05) is 50.2 Å². The zero-order chi connectivity index (χ0) is 18.0. The number of aryl methyl sites for hydroxylation is 2. The summed E-state index contributed by atoms with van der Waals surface area (Å²) in [6.07, 6.45) is 1.57. The van der Waals surface area contributed by atoms with E-state index in [4.69, 9.17) is 16.3 Å². The second-order valence-electron chi connectivity index (χ2n) is 5.82. The van der Waals surface area contributed by atoms with Gasteiger partial charge in [-0.1, -0.05) is 29.8 Å². The number of rotatable bonds is 4. The molecule has 128 valence electrons. The van der Waals surface area contributed by atoms with Crippen LogP contribution < -0.4 is 5.32 Å². The Labute approximate surface area is 151 Å². The summed E-state index contributed by atoms with van der Waals surface area (Å²) in [6.45, 7) is 6.06. The Morgan fingerprint density at radius 1 is 1.20 bits per heavy atom. The molecule has 3 rings (SSSR count). The lowest BCUT2D eigenvalue weighted by atomic mass is 10.1. The molecule has 0 saturated heterocycles. The fourth-order valence-corrected chi connectivity index (χ4v) is 3.00. The van der Waals surface area contributed by atoms with Crippen LogP contribution in [-0.2, 0) is 4.74 Å². The molecule has 0 unspecified atom stereocenters. The predicted octanol–water partition coefficient (Wildman–Crippen LogP) is 5.43. The average molecular weight is 355 g/mol. The van der Waals surface area contributed by atoms with Gasteiger partial charge < -0.3 is 10.1 Å². The first-order chi connectivity index (χ1) is 12.0. The minimum absolute atomic E-state index is 0.310. The van der Waals surface area contributed by atoms with Gasteiger partial charge >= 0.3 is 5.97 Å². The topological polar surface area (TPSA) is 51.2 Å². The molecule has 0 saturated carbocycles. The lowest BCUT2D eigenvalue weighted by Crippen LogP contribution is -2.10. The van der Waals surface area contributed by atoms with Crippen LogP contribution in [0.2, 0.25) is 5.02 Å². The zero-order valence-electron chi connectivity index (χ0n) is 14.4. The molecular formula is C20H19ClN2O2. The van der Waals surface area contributed by atoms with E-state index in [0.717, 1.165) is 27.7 Å². The zero-order valence-corrected chi connectivity index (χ0v) is 15.1. The number of hydrogen-bond donors (Lipinski definition) is 1. The Balaban J connectivity index is 2.20. The van der Waals surface area contributed by atoms with Gasteiger partial charge in [0.15, 0.2) is 0 Å². The summed E-state index contributed by atoms with van der Waals surface area (Å²) < 4.78 is 5.19. The van der Waals surface area contributed by atoms with E-state index >= 15 is 0 Å². The van der Waals surface area contributed by atoms with Gasteiger partial charge in [0.05, 0.1) is 17.8 Å². The number of ether oxygens (including phenoxy) is 1. The molecule has 0 amide bonds. The van der Waals surface area contributed by atoms with Gasteiger partial charge in [0.25, 0.3) is 0 Å². The van der Waals surface area contributed by atoms with Crippen LogP contribution in [0.3, 0.4) is 0 Å². The van der Waals surface area contributed by atoms with Gasteiger partial charge in [-0.2, -0.15) is 0 Å². The summed E-state index contributed by atoms with van der Waals surface area (Å²) >= 11 is 6.05. The van der Waals surface area contributed by atoms with Crippen LogP contribution >= 0.6 is 11.6 Å². The van der Waals surface area contributed by atoms with Crippen molar-refractivity contribution in [2.75, 3.05) is 11.9 Å². The molecule has 4 nitrogen and oxygen atoms in total. The van der Waals surface area contributed by atoms with E-state index in [1.165, 1.54) is 0 Å². The first-order valence-electron chi connectivity index (χ1n) is 8.10. The van der Waals surface area contributed by atoms with Crippen LogP contribution in [0.4, 0.5) is 11.4 Å². The molecule has 1 N–H and O–H groups in total. The van der Waals surface area contributed by atoms with Crippen molar-refractivity contribution in [2.45, 2.75) is 20.8 Å². The van der Waals surface area contributed by atoms with Gasteiger partial charge in [-0.3, -0.25) is 4.98 Å². The van der Waals surface area contributed by atoms with E-state index in [-0.39, 0.29) is 0 Å². The molecule has 0 atom stereocenters. The highest BCUT2D eigenvalue weighted by atomic mass is 35.5. The standard InChI is InChI=1S/C20H19ClN2O2/c1-4-25-20(24)16-11-22-18-12(2)6-5-7-15(18)19(16)23-17-9-8-14(21)10-13(17)3/h5-11H,4H2,1-3H3,(H,22,23). The summed E-state index contributed by atoms with van der Waals surface area (Å²) in [5.74, 6) is -0.396. The molecule has 1 aromatic heterocycles. The SMILES string of the molecule is CCOC(=O)c1cnc2c(C)cccc2c1Nc1ccc(Cl)cc1C. The molecule has 3 aromatic rings. The molecule has 0 aliphatic carbocycles. The highest BCUT2D eigenvalue weighted by molar-refractivity contribution is 6.30. The number of anilines is 2. The molecule has 0 spiro atoms. The third kappa shape index (κ3) is 3.44. The van der Waals surface area contributed by atoms with Crippen LogP contribution in [0, 0.1) is 13.8 Å². The number of nitrogens with zero attached hydrogens (tertiary/aromatic N) is 1. The number of para-hydroxylation sites is 1. The molecule has 0 radical (unpaired) electrons. The van der Waals surface area contributed by atoms with Crippen molar-refractivity contribution in [3.63, 3.8) is 0 Å². The lowest BCUT2D eigenvalue weighted by Gasteiger charge is -2.16. The number of pyridine rings is 1. The maximum atomic E-state index is 12.4. The van der Waals surface area contributed by atoms with Gasteiger partial charge in [-0.15, -0.1) is 0 Å². The number of esters is 1. The molecular weight excluding hydrogens is 336 g/mol. The number of benzene rings is 2. The quantitative estimate of drug-likeness (QED) is 0.635. The lowest BCUT2D eigenvalue weighted by molar-refractivity contribution is 0.0527. The Kier molecular flexibility index (Phi) is 4.91. The number of hydrogen-bond acceptors (Lipinski definition) is 4. The predicted molar refractivity (Wildman–Crippen MR) is 102 cm³/mol. The number of halogens is 1. The van der Waals surface area contributed by atoms with Gasteiger partial charge in [0.1, 0.15) is 5.56 Å². The summed E-state index contributed by atoms with van der Waals surface area (Å²) in [5.41, 5.74) is 4.87. The molecule has 5 heteroatoms. The second-order valence-corrected chi connectivity index (χ2v) is 6.26. The minimum Gasteiger partial charge on any atom is -0.462 e. The highest BCUT2D eigenvalue weighted by Gasteiger charge is 2.18. The van der Waals surface area contributed by atoms with E-state index in [9.17, 15) is 4.79 Å². The first kappa shape index (κ1) is 17.2. The Bertz CT molecular complexity index is 954. The van der Waals surface area contributed by atoms with Crippen LogP contribution in [0.5, 0.6) is 0 Å². The van der Waals surface area contributed by atoms with Crippen molar-refractivity contribution in [2.24, 2.45) is 0 Å². The van der Waals surface area contributed by atoms with Gasteiger partial charge in [0, 0.05) is 22.3 Å². The number of carbonyl (C=O) groups is 1. The summed E-state index contributed by atoms with van der Waals surface area (Å²) in [7, 11) is 0. The normalized spacial score (nSPS) is 10.7. The smallest absolute Gasteiger partial charge is 0.341 e. The van der Waals surface area contributed by atoms with E-state index < -0.39 is 5.97 Å². The average Bonchev–Trinajstić information content (AvgIpc) is 2.58. The van der Waals surface area contributed by atoms with Crippen LogP contribution in [0.1, 0.15) is 28.4 Å². The Morgan fingerprint density at radius 3 is 2.72 bits per heavy atom. The summed E-state index contributed by atoms with van der Waals surface area (Å²) in [5, 5.41) is 4.92. The maximum absolute atomic E-state index is 12.4. The van der Waals surface area contributed by atoms with Crippen molar-refractivity contribution < 1.29 is 9.53 Å². The summed E-state index contributed by atoms with van der Waals surface area (Å²) in [4.78, 5) is 16.9. The Hall–Kier alpha value is -2.59. The van der Waals surface area contributed by atoms with Crippen LogP contribution in [0.15, 0.2) is 42.6 Å². The summed E-state index contributed by atoms with van der Waals surface area (Å²) in [6, 6.07) is 11.5. The van der Waals surface area contributed by atoms with Crippen molar-refractivity contribution >= 4 is 39.8 Å². The van der Waals surface area contributed by atoms with Crippen molar-refractivity contribution in [1.82, 2.24) is 4.98 Å². The molecule has 0 aliphatic heterocycles. The number of fused-ring (bicyclic) bond motifs is 1. The minimum atomic E-state index is -0.396. The molecule has 0 fully saturated rings. The van der Waals surface area contributed by atoms with Crippen LogP contribution in [-0.4, -0.2) is 17.6 Å². The largest absolute Gasteiger partial charge is 0.462 e. The molecule has 1 heterocycles. The van der Waals surface area contributed by atoms with Gasteiger partial charge in [-0.25, -0.2) is 4.79 Å². The molecule has 0 aliphatic rings. The molecule has 2 aromatic carbocycles. The number of carbonyl (C=O) groups excluding carboxylic acids is 1. The number of nitrogens with one attached hydrogen (secondary N) is 1. The van der Waals surface area contributed by atoms with E-state index in [0.29, 0.717) is 22.9 Å². The van der Waals surface area contributed by atoms with E-state index in [2.05, 4.69) is 10.3 Å². The van der Waals surface area contributed by atoms with Crippen molar-refractivity contribution in [1.29, 1.82) is 0 Å². The third-order valence-electron chi connectivity index (χ3n) is 4.04. The molecule has 0 bridgehead atoms. The van der Waals surface area contributed by atoms with Crippen LogP contribution in [0.25, 0.3) is 10.9 Å². The van der Waals surface area contributed by atoms with E-state index in [1.54, 1.807) is 13.1 Å². The monoisotopic (exact) mass is 354 g/mol.